The maximum atomic E-state index is 13.7. The molecule has 1 N–H and O–H groups in total. The van der Waals surface area contributed by atoms with E-state index >= 15 is 0 Å². The van der Waals surface area contributed by atoms with E-state index in [1.54, 1.807) is 34.6 Å². The summed E-state index contributed by atoms with van der Waals surface area (Å²) in [4.78, 5) is 3.96. The van der Waals surface area contributed by atoms with Gasteiger partial charge in [0.2, 0.25) is 0 Å². The molecule has 0 saturated heterocycles. The van der Waals surface area contributed by atoms with Gasteiger partial charge in [0.05, 0.1) is 24.3 Å². The Morgan fingerprint density at radius 1 is 1.32 bits per heavy atom. The van der Waals surface area contributed by atoms with Gasteiger partial charge in [-0.3, -0.25) is 0 Å². The van der Waals surface area contributed by atoms with Gasteiger partial charge in [0.15, 0.2) is 5.03 Å². The van der Waals surface area contributed by atoms with E-state index in [1.807, 2.05) is 0 Å². The van der Waals surface area contributed by atoms with E-state index in [4.69, 9.17) is 0 Å². The molecular weight excluding hydrogens is 381 g/mol. The van der Waals surface area contributed by atoms with Gasteiger partial charge in [-0.2, -0.15) is 5.10 Å². The van der Waals surface area contributed by atoms with Crippen LogP contribution in [0, 0.1) is 11.2 Å². The van der Waals surface area contributed by atoms with E-state index in [0.717, 1.165) is 11.3 Å². The van der Waals surface area contributed by atoms with Crippen molar-refractivity contribution in [2.75, 3.05) is 0 Å². The molecule has 0 fully saturated rings. The largest absolute Gasteiger partial charge is 0.339 e. The number of nitrogens with zero attached hydrogens (tertiary/aromatic N) is 4. The Morgan fingerprint density at radius 3 is 2.79 bits per heavy atom. The molecule has 2 heterocycles. The van der Waals surface area contributed by atoms with Crippen LogP contribution in [0.2, 0.25) is 0 Å². The Hall–Kier alpha value is -2.52. The summed E-state index contributed by atoms with van der Waals surface area (Å²) in [5.41, 5.74) is 2.15. The average Bonchev–Trinajstić information content (AvgIpc) is 3.20. The quantitative estimate of drug-likeness (QED) is 0.726. The van der Waals surface area contributed by atoms with E-state index in [1.165, 1.54) is 24.7 Å². The van der Waals surface area contributed by atoms with Crippen LogP contribution >= 0.6 is 0 Å². The first kappa shape index (κ1) is 18.8. The molecule has 0 saturated carbocycles. The third-order valence-corrected chi connectivity index (χ3v) is 6.34. The van der Waals surface area contributed by atoms with Gasteiger partial charge in [-0.1, -0.05) is 19.9 Å². The van der Waals surface area contributed by atoms with Crippen LogP contribution in [-0.4, -0.2) is 27.7 Å². The van der Waals surface area contributed by atoms with Gasteiger partial charge in [0.1, 0.15) is 5.82 Å². The molecule has 1 atom stereocenters. The summed E-state index contributed by atoms with van der Waals surface area (Å²) in [6, 6.07) is 5.78. The van der Waals surface area contributed by atoms with Gasteiger partial charge < -0.3 is 4.57 Å². The van der Waals surface area contributed by atoms with Crippen molar-refractivity contribution < 1.29 is 12.8 Å². The molecule has 0 radical (unpaired) electrons. The molecule has 1 aliphatic carbocycles. The van der Waals surface area contributed by atoms with Crippen LogP contribution in [0.5, 0.6) is 0 Å². The Morgan fingerprint density at radius 2 is 2.11 bits per heavy atom. The molecule has 0 bridgehead atoms. The molecule has 3 aromatic rings. The zero-order valence-corrected chi connectivity index (χ0v) is 16.7. The lowest BCUT2D eigenvalue weighted by atomic mass is 9.74. The summed E-state index contributed by atoms with van der Waals surface area (Å²) in [6.45, 7) is 4.17. The van der Waals surface area contributed by atoms with Crippen molar-refractivity contribution in [2.24, 2.45) is 12.5 Å². The summed E-state index contributed by atoms with van der Waals surface area (Å²) in [5.74, 6) is -0.343. The number of halogens is 1. The molecule has 4 rings (SSSR count). The van der Waals surface area contributed by atoms with Crippen molar-refractivity contribution >= 4 is 10.0 Å². The number of fused-ring (bicyclic) bond motifs is 1. The molecule has 9 heteroatoms. The fourth-order valence-electron chi connectivity index (χ4n) is 3.75. The summed E-state index contributed by atoms with van der Waals surface area (Å²) in [5, 5.41) is 4.41. The molecule has 28 heavy (non-hydrogen) atoms. The van der Waals surface area contributed by atoms with Gasteiger partial charge in [-0.05, 0) is 36.5 Å². The van der Waals surface area contributed by atoms with E-state index in [-0.39, 0.29) is 16.3 Å². The number of nitrogens with one attached hydrogen (secondary N) is 1. The van der Waals surface area contributed by atoms with Gasteiger partial charge >= 0.3 is 0 Å². The molecular formula is C19H22FN5O2S. The van der Waals surface area contributed by atoms with Crippen LogP contribution in [-0.2, 0) is 23.5 Å². The number of sulfonamides is 1. The Kier molecular flexibility index (Phi) is 4.39. The van der Waals surface area contributed by atoms with Crippen molar-refractivity contribution in [3.8, 4) is 5.69 Å². The predicted octanol–water partition coefficient (Wildman–Crippen LogP) is 2.74. The Labute approximate surface area is 163 Å². The summed E-state index contributed by atoms with van der Waals surface area (Å²) in [6.07, 6.45) is 5.92. The average molecular weight is 403 g/mol. The predicted molar refractivity (Wildman–Crippen MR) is 102 cm³/mol. The lowest BCUT2D eigenvalue weighted by Gasteiger charge is -2.35. The fourth-order valence-corrected chi connectivity index (χ4v) is 4.95. The minimum Gasteiger partial charge on any atom is -0.339 e. The van der Waals surface area contributed by atoms with E-state index in [0.29, 0.717) is 18.5 Å². The molecule has 7 nitrogen and oxygen atoms in total. The second-order valence-electron chi connectivity index (χ2n) is 8.03. The molecule has 0 unspecified atom stereocenters. The monoisotopic (exact) mass is 403 g/mol. The number of hydrogen-bond acceptors (Lipinski definition) is 4. The number of rotatable bonds is 4. The van der Waals surface area contributed by atoms with Crippen LogP contribution in [0.25, 0.3) is 5.69 Å². The van der Waals surface area contributed by atoms with E-state index in [2.05, 4.69) is 28.7 Å². The fraction of sp³-hybridized carbons (Fsp3) is 0.368. The van der Waals surface area contributed by atoms with Crippen molar-refractivity contribution in [3.05, 3.63) is 60.1 Å². The van der Waals surface area contributed by atoms with Crippen LogP contribution in [0.15, 0.2) is 48.0 Å². The zero-order valence-electron chi connectivity index (χ0n) is 15.9. The van der Waals surface area contributed by atoms with E-state index in [9.17, 15) is 12.8 Å². The number of imidazole rings is 1. The molecule has 2 aromatic heterocycles. The second-order valence-corrected chi connectivity index (χ2v) is 9.70. The zero-order chi connectivity index (χ0) is 20.1. The number of benzene rings is 1. The minimum absolute atomic E-state index is 0.0162. The van der Waals surface area contributed by atoms with Gasteiger partial charge in [0, 0.05) is 24.5 Å². The SMILES string of the molecule is Cn1cnc(S(=O)(=O)N[C@H]2CC(C)(C)Cc3c2cnn3-c2cccc(F)c2)c1. The van der Waals surface area contributed by atoms with Crippen LogP contribution < -0.4 is 4.72 Å². The molecule has 0 aliphatic heterocycles. The van der Waals surface area contributed by atoms with Crippen molar-refractivity contribution in [3.63, 3.8) is 0 Å². The highest BCUT2D eigenvalue weighted by Crippen LogP contribution is 2.41. The van der Waals surface area contributed by atoms with Gasteiger partial charge in [0.25, 0.3) is 10.0 Å². The topological polar surface area (TPSA) is 81.8 Å². The lowest BCUT2D eigenvalue weighted by Crippen LogP contribution is -2.36. The van der Waals surface area contributed by atoms with Crippen LogP contribution in [0.4, 0.5) is 4.39 Å². The molecule has 1 aliphatic rings. The van der Waals surface area contributed by atoms with Gasteiger partial charge in [-0.15, -0.1) is 0 Å². The van der Waals surface area contributed by atoms with Crippen molar-refractivity contribution in [1.82, 2.24) is 24.1 Å². The highest BCUT2D eigenvalue weighted by atomic mass is 32.2. The maximum Gasteiger partial charge on any atom is 0.260 e. The Bertz CT molecular complexity index is 1130. The lowest BCUT2D eigenvalue weighted by molar-refractivity contribution is 0.268. The van der Waals surface area contributed by atoms with E-state index < -0.39 is 16.1 Å². The highest BCUT2D eigenvalue weighted by molar-refractivity contribution is 7.89. The number of hydrogen-bond donors (Lipinski definition) is 1. The molecule has 1 aromatic carbocycles. The number of aryl methyl sites for hydroxylation is 1. The van der Waals surface area contributed by atoms with Crippen LogP contribution in [0.3, 0.4) is 0 Å². The first-order chi connectivity index (χ1) is 13.1. The van der Waals surface area contributed by atoms with Crippen molar-refractivity contribution in [2.45, 2.75) is 37.8 Å². The second kappa shape index (κ2) is 6.52. The normalized spacial score (nSPS) is 18.8. The Balaban J connectivity index is 1.74. The highest BCUT2D eigenvalue weighted by Gasteiger charge is 2.37. The molecule has 148 valence electrons. The third kappa shape index (κ3) is 3.47. The van der Waals surface area contributed by atoms with Crippen LogP contribution in [0.1, 0.15) is 37.6 Å². The molecule has 0 spiro atoms. The molecule has 0 amide bonds. The standard InChI is InChI=1S/C19H22FN5O2S/c1-19(2)8-16(23-28(26,27)18-11-24(3)12-21-18)15-10-22-25(17(15)9-19)14-6-4-5-13(20)7-14/h4-7,10-12,16,23H,8-9H2,1-3H3/t16-/m0/s1. The summed E-state index contributed by atoms with van der Waals surface area (Å²) in [7, 11) is -2.05. The minimum atomic E-state index is -3.77. The van der Waals surface area contributed by atoms with Gasteiger partial charge in [-0.25, -0.2) is 27.2 Å². The summed E-state index contributed by atoms with van der Waals surface area (Å²) >= 11 is 0. The summed E-state index contributed by atoms with van der Waals surface area (Å²) < 4.78 is 45.3. The number of aromatic nitrogens is 4. The first-order valence-electron chi connectivity index (χ1n) is 8.98. The first-order valence-corrected chi connectivity index (χ1v) is 10.5. The van der Waals surface area contributed by atoms with Crippen molar-refractivity contribution in [1.29, 1.82) is 0 Å². The maximum absolute atomic E-state index is 13.7. The smallest absolute Gasteiger partial charge is 0.260 e. The third-order valence-electron chi connectivity index (χ3n) is 4.99.